The highest BCUT2D eigenvalue weighted by Crippen LogP contribution is 2.51. The number of aromatic nitrogens is 4. The van der Waals surface area contributed by atoms with Crippen LogP contribution in [0.15, 0.2) is 12.1 Å². The van der Waals surface area contributed by atoms with E-state index in [-0.39, 0.29) is 17.6 Å². The summed E-state index contributed by atoms with van der Waals surface area (Å²) in [4.78, 5) is 39.2. The molecule has 2 aliphatic carbocycles. The lowest BCUT2D eigenvalue weighted by atomic mass is 9.65. The number of carbonyl (C=O) groups is 1. The Kier molecular flexibility index (Phi) is 9.43. The number of ether oxygens (including phenoxy) is 1. The number of hydrogen-bond acceptors (Lipinski definition) is 11. The molecular formula is C35H46Cl2N8O2S2. The van der Waals surface area contributed by atoms with Gasteiger partial charge in [0.2, 0.25) is 10.6 Å². The van der Waals surface area contributed by atoms with E-state index in [1.807, 2.05) is 20.8 Å². The molecule has 14 heteroatoms. The highest BCUT2D eigenvalue weighted by molar-refractivity contribution is 7.19. The van der Waals surface area contributed by atoms with Gasteiger partial charge in [0.25, 0.3) is 0 Å². The van der Waals surface area contributed by atoms with Crippen LogP contribution in [-0.4, -0.2) is 69.9 Å². The van der Waals surface area contributed by atoms with E-state index in [4.69, 9.17) is 33.7 Å². The molecule has 4 aromatic rings. The summed E-state index contributed by atoms with van der Waals surface area (Å²) in [7, 11) is 0. The van der Waals surface area contributed by atoms with Crippen LogP contribution < -0.4 is 20.9 Å². The molecule has 264 valence electrons. The predicted octanol–water partition coefficient (Wildman–Crippen LogP) is 8.02. The molecule has 10 nitrogen and oxygen atoms in total. The van der Waals surface area contributed by atoms with Crippen molar-refractivity contribution in [1.29, 1.82) is 0 Å². The molecular weight excluding hydrogens is 699 g/mol. The van der Waals surface area contributed by atoms with Gasteiger partial charge in [-0.25, -0.2) is 14.8 Å². The summed E-state index contributed by atoms with van der Waals surface area (Å²) in [5.74, 6) is 1.96. The van der Waals surface area contributed by atoms with E-state index >= 15 is 0 Å². The van der Waals surface area contributed by atoms with E-state index < -0.39 is 5.60 Å². The summed E-state index contributed by atoms with van der Waals surface area (Å²) in [5, 5.41) is 5.93. The molecule has 0 aromatic carbocycles. The van der Waals surface area contributed by atoms with E-state index in [1.54, 1.807) is 22.7 Å². The highest BCUT2D eigenvalue weighted by Gasteiger charge is 2.50. The summed E-state index contributed by atoms with van der Waals surface area (Å²) in [6, 6.07) is 5.01. The number of nitrogens with one attached hydrogen (secondary N) is 1. The van der Waals surface area contributed by atoms with Gasteiger partial charge >= 0.3 is 6.09 Å². The summed E-state index contributed by atoms with van der Waals surface area (Å²) in [6.07, 6.45) is 8.27. The third-order valence-corrected chi connectivity index (χ3v) is 13.1. The number of anilines is 2. The molecule has 1 amide bonds. The summed E-state index contributed by atoms with van der Waals surface area (Å²) in [5.41, 5.74) is 6.19. The van der Waals surface area contributed by atoms with Gasteiger partial charge in [-0.05, 0) is 118 Å². The molecule has 6 heterocycles. The second-order valence-corrected chi connectivity index (χ2v) is 18.4. The maximum atomic E-state index is 12.0. The third-order valence-electron chi connectivity index (χ3n) is 10.4. The first-order valence-electron chi connectivity index (χ1n) is 17.4. The maximum Gasteiger partial charge on any atom is 0.407 e. The molecule has 8 rings (SSSR count). The zero-order valence-electron chi connectivity index (χ0n) is 28.9. The molecule has 0 radical (unpaired) electrons. The average molecular weight is 746 g/mol. The normalized spacial score (nSPS) is 26.3. The van der Waals surface area contributed by atoms with Gasteiger partial charge in [-0.2, -0.15) is 9.97 Å². The molecule has 2 spiro atoms. The molecule has 2 saturated heterocycles. The lowest BCUT2D eigenvalue weighted by Crippen LogP contribution is -2.52. The summed E-state index contributed by atoms with van der Waals surface area (Å²) >= 11 is 15.8. The molecule has 0 bridgehead atoms. The van der Waals surface area contributed by atoms with E-state index in [9.17, 15) is 4.79 Å². The van der Waals surface area contributed by atoms with Gasteiger partial charge in [0.05, 0.1) is 10.8 Å². The lowest BCUT2D eigenvalue weighted by molar-refractivity contribution is 0.0367. The van der Waals surface area contributed by atoms with Gasteiger partial charge < -0.3 is 25.6 Å². The SMILES string of the molecule is CCc1cc2c(N3CCC4(CC(N)C4)C3)nc(Cl)nc2s1.CCc1cc2c(N3CCC4(CC(NC(=O)OC(C)(C)C)C4)C3)nc(Cl)nc2s1. The molecule has 3 N–H and O–H groups in total. The van der Waals surface area contributed by atoms with Gasteiger partial charge in [-0.15, -0.1) is 22.7 Å². The van der Waals surface area contributed by atoms with Crippen LogP contribution in [0.3, 0.4) is 0 Å². The first-order valence-corrected chi connectivity index (χ1v) is 19.8. The Morgan fingerprint density at radius 2 is 1.35 bits per heavy atom. The molecule has 0 unspecified atom stereocenters. The van der Waals surface area contributed by atoms with Crippen LogP contribution >= 0.6 is 45.9 Å². The maximum absolute atomic E-state index is 12.0. The molecule has 2 aliphatic heterocycles. The Bertz CT molecular complexity index is 1860. The number of carbonyl (C=O) groups excluding carboxylic acids is 1. The first-order chi connectivity index (χ1) is 23.2. The topological polar surface area (TPSA) is 122 Å². The molecule has 49 heavy (non-hydrogen) atoms. The lowest BCUT2D eigenvalue weighted by Gasteiger charge is -2.45. The minimum Gasteiger partial charge on any atom is -0.444 e. The van der Waals surface area contributed by atoms with Gasteiger partial charge in [0.1, 0.15) is 26.9 Å². The van der Waals surface area contributed by atoms with Gasteiger partial charge in [0, 0.05) is 48.0 Å². The van der Waals surface area contributed by atoms with E-state index in [0.29, 0.717) is 22.0 Å². The fraction of sp³-hybridized carbons (Fsp3) is 0.629. The molecule has 2 saturated carbocycles. The predicted molar refractivity (Wildman–Crippen MR) is 202 cm³/mol. The minimum absolute atomic E-state index is 0.191. The number of halogens is 2. The number of fused-ring (bicyclic) bond motifs is 2. The van der Waals surface area contributed by atoms with E-state index in [2.05, 4.69) is 61.0 Å². The number of thiophene rings is 2. The van der Waals surface area contributed by atoms with Crippen LogP contribution in [0.2, 0.25) is 10.6 Å². The van der Waals surface area contributed by atoms with Gasteiger partial charge in [-0.1, -0.05) is 13.8 Å². The van der Waals surface area contributed by atoms with Crippen LogP contribution in [-0.2, 0) is 17.6 Å². The Balaban J connectivity index is 0.000000160. The second-order valence-electron chi connectivity index (χ2n) is 15.5. The number of rotatable bonds is 5. The first kappa shape index (κ1) is 34.9. The highest BCUT2D eigenvalue weighted by atomic mass is 35.5. The number of aryl methyl sites for hydroxylation is 2. The van der Waals surface area contributed by atoms with Crippen molar-refractivity contribution in [3.63, 3.8) is 0 Å². The van der Waals surface area contributed by atoms with E-state index in [1.165, 1.54) is 16.2 Å². The smallest absolute Gasteiger partial charge is 0.407 e. The second kappa shape index (κ2) is 13.2. The van der Waals surface area contributed by atoms with Crippen molar-refractivity contribution >= 4 is 84.0 Å². The van der Waals surface area contributed by atoms with Crippen molar-refractivity contribution in [2.45, 2.75) is 104 Å². The van der Waals surface area contributed by atoms with Crippen molar-refractivity contribution in [3.8, 4) is 0 Å². The Morgan fingerprint density at radius 3 is 1.78 bits per heavy atom. The van der Waals surface area contributed by atoms with Crippen LogP contribution in [0.5, 0.6) is 0 Å². The Morgan fingerprint density at radius 1 is 0.878 bits per heavy atom. The third kappa shape index (κ3) is 7.31. The van der Waals surface area contributed by atoms with Gasteiger partial charge in [-0.3, -0.25) is 0 Å². The number of alkyl carbamates (subject to hydrolysis) is 1. The zero-order valence-corrected chi connectivity index (χ0v) is 32.1. The van der Waals surface area contributed by atoms with Crippen molar-refractivity contribution in [2.75, 3.05) is 36.0 Å². The number of nitrogens with zero attached hydrogens (tertiary/aromatic N) is 6. The van der Waals surface area contributed by atoms with Crippen molar-refractivity contribution in [3.05, 3.63) is 32.5 Å². The van der Waals surface area contributed by atoms with Crippen LogP contribution in [0.25, 0.3) is 20.4 Å². The monoisotopic (exact) mass is 744 g/mol. The standard InChI is InChI=1S/C20H27ClN4O2S.C15H19ClN4S/c1-5-13-8-14-15(23-17(21)24-16(14)28-13)25-7-6-20(11-25)9-12(10-20)22-18(26)27-19(2,3)4;1-2-10-5-11-12(18-14(16)19-13(11)21-10)20-4-3-15(8-20)6-9(17)7-15/h8,12H,5-7,9-11H2,1-4H3,(H,22,26);5,9H,2-4,6-8,17H2,1H3. The molecule has 0 atom stereocenters. The molecule has 4 aliphatic rings. The minimum atomic E-state index is -0.467. The quantitative estimate of drug-likeness (QED) is 0.196. The fourth-order valence-corrected chi connectivity index (χ4v) is 10.6. The van der Waals surface area contributed by atoms with Crippen LogP contribution in [0.1, 0.15) is 82.9 Å². The van der Waals surface area contributed by atoms with Gasteiger partial charge in [0.15, 0.2) is 0 Å². The largest absolute Gasteiger partial charge is 0.444 e. The number of amides is 1. The summed E-state index contributed by atoms with van der Waals surface area (Å²) in [6.45, 7) is 14.0. The molecule has 4 fully saturated rings. The zero-order chi connectivity index (χ0) is 34.7. The summed E-state index contributed by atoms with van der Waals surface area (Å²) < 4.78 is 5.37. The fourth-order valence-electron chi connectivity index (χ4n) is 8.21. The van der Waals surface area contributed by atoms with Crippen LogP contribution in [0, 0.1) is 10.8 Å². The number of nitrogens with two attached hydrogens (primary N) is 1. The Labute approximate surface area is 306 Å². The molecule has 4 aromatic heterocycles. The average Bonchev–Trinajstić information content (AvgIpc) is 3.79. The number of hydrogen-bond donors (Lipinski definition) is 2. The van der Waals surface area contributed by atoms with Crippen molar-refractivity contribution in [2.24, 2.45) is 16.6 Å². The van der Waals surface area contributed by atoms with Crippen LogP contribution in [0.4, 0.5) is 16.4 Å². The van der Waals surface area contributed by atoms with E-state index in [0.717, 1.165) is 103 Å². The van der Waals surface area contributed by atoms with Crippen molar-refractivity contribution in [1.82, 2.24) is 25.3 Å². The Hall–Kier alpha value is -2.51. The van der Waals surface area contributed by atoms with Crippen molar-refractivity contribution < 1.29 is 9.53 Å².